The topological polar surface area (TPSA) is 29.5 Å². The van der Waals surface area contributed by atoms with Crippen molar-refractivity contribution in [3.05, 3.63) is 29.8 Å². The average molecular weight is 262 g/mol. The Hall–Kier alpha value is -1.02. The van der Waals surface area contributed by atoms with Gasteiger partial charge in [0.25, 0.3) is 0 Å². The third kappa shape index (κ3) is 2.94. The summed E-state index contributed by atoms with van der Waals surface area (Å²) in [6, 6.07) is 7.95. The highest BCUT2D eigenvalue weighted by Crippen LogP contribution is 2.52. The molecule has 2 atom stereocenters. The maximum atomic E-state index is 11.0. The molecule has 106 valence electrons. The summed E-state index contributed by atoms with van der Waals surface area (Å²) in [4.78, 5) is 0. The van der Waals surface area contributed by atoms with E-state index in [1.165, 1.54) is 0 Å². The van der Waals surface area contributed by atoms with E-state index in [4.69, 9.17) is 4.74 Å². The van der Waals surface area contributed by atoms with Crippen LogP contribution in [0.5, 0.6) is 5.75 Å². The first-order valence-electron chi connectivity index (χ1n) is 7.22. The zero-order valence-electron chi connectivity index (χ0n) is 12.7. The Balaban J connectivity index is 2.22. The van der Waals surface area contributed by atoms with Gasteiger partial charge in [0.15, 0.2) is 0 Å². The predicted molar refractivity (Wildman–Crippen MR) is 78.3 cm³/mol. The van der Waals surface area contributed by atoms with E-state index in [1.807, 2.05) is 38.1 Å². The molecular weight excluding hydrogens is 236 g/mol. The van der Waals surface area contributed by atoms with Crippen molar-refractivity contribution in [2.45, 2.75) is 59.2 Å². The van der Waals surface area contributed by atoms with Crippen LogP contribution in [0.4, 0.5) is 0 Å². The van der Waals surface area contributed by atoms with Gasteiger partial charge in [-0.1, -0.05) is 32.9 Å². The first kappa shape index (κ1) is 14.4. The van der Waals surface area contributed by atoms with Gasteiger partial charge in [0.2, 0.25) is 0 Å². The van der Waals surface area contributed by atoms with Crippen LogP contribution in [0.3, 0.4) is 0 Å². The molecule has 2 nitrogen and oxygen atoms in total. The van der Waals surface area contributed by atoms with E-state index in [-0.39, 0.29) is 11.5 Å². The lowest BCUT2D eigenvalue weighted by Crippen LogP contribution is -2.29. The fourth-order valence-electron chi connectivity index (χ4n) is 3.45. The lowest BCUT2D eigenvalue weighted by atomic mass is 9.84. The van der Waals surface area contributed by atoms with Gasteiger partial charge in [0.05, 0.1) is 11.7 Å². The highest BCUT2D eigenvalue weighted by molar-refractivity contribution is 5.32. The molecule has 0 bridgehead atoms. The second kappa shape index (κ2) is 4.82. The van der Waals surface area contributed by atoms with Gasteiger partial charge in [-0.05, 0) is 55.7 Å². The van der Waals surface area contributed by atoms with Crippen LogP contribution in [-0.4, -0.2) is 11.2 Å². The van der Waals surface area contributed by atoms with Crippen molar-refractivity contribution in [1.82, 2.24) is 0 Å². The van der Waals surface area contributed by atoms with E-state index >= 15 is 0 Å². The minimum Gasteiger partial charge on any atom is -0.491 e. The number of hydrogen-bond donors (Lipinski definition) is 1. The highest BCUT2D eigenvalue weighted by atomic mass is 16.5. The molecule has 0 radical (unpaired) electrons. The Morgan fingerprint density at radius 1 is 1.21 bits per heavy atom. The van der Waals surface area contributed by atoms with E-state index in [0.29, 0.717) is 5.92 Å². The molecule has 0 saturated heterocycles. The Bertz CT molecular complexity index is 433. The smallest absolute Gasteiger partial charge is 0.119 e. The summed E-state index contributed by atoms with van der Waals surface area (Å²) in [7, 11) is 0. The van der Waals surface area contributed by atoms with Crippen molar-refractivity contribution < 1.29 is 9.84 Å². The first-order chi connectivity index (χ1) is 8.73. The molecule has 0 aromatic heterocycles. The van der Waals surface area contributed by atoms with Crippen molar-refractivity contribution in [3.63, 3.8) is 0 Å². The molecule has 2 rings (SSSR count). The molecule has 1 aromatic carbocycles. The van der Waals surface area contributed by atoms with Gasteiger partial charge in [-0.15, -0.1) is 0 Å². The predicted octanol–water partition coefficient (Wildman–Crippen LogP) is 4.12. The maximum absolute atomic E-state index is 11.0. The molecule has 1 aromatic rings. The maximum Gasteiger partial charge on any atom is 0.119 e. The SMILES string of the molecule is CC(C)Oc1ccc(C2(O)CC(C)(C)CC2C)cc1. The first-order valence-corrected chi connectivity index (χ1v) is 7.22. The molecule has 19 heavy (non-hydrogen) atoms. The summed E-state index contributed by atoms with van der Waals surface area (Å²) < 4.78 is 5.65. The van der Waals surface area contributed by atoms with Crippen LogP contribution in [0.1, 0.15) is 53.0 Å². The van der Waals surface area contributed by atoms with E-state index in [2.05, 4.69) is 20.8 Å². The molecule has 0 aliphatic heterocycles. The van der Waals surface area contributed by atoms with Gasteiger partial charge < -0.3 is 9.84 Å². The number of aliphatic hydroxyl groups is 1. The molecule has 2 heteroatoms. The van der Waals surface area contributed by atoms with Gasteiger partial charge in [-0.3, -0.25) is 0 Å². The zero-order valence-corrected chi connectivity index (χ0v) is 12.7. The molecule has 1 aliphatic carbocycles. The van der Waals surface area contributed by atoms with E-state index < -0.39 is 5.60 Å². The summed E-state index contributed by atoms with van der Waals surface area (Å²) in [5.41, 5.74) is 0.530. The standard InChI is InChI=1S/C17H26O2/c1-12(2)19-15-8-6-14(7-9-15)17(18)11-16(4,5)10-13(17)3/h6-9,12-13,18H,10-11H2,1-5H3. The molecule has 1 N–H and O–H groups in total. The fourth-order valence-corrected chi connectivity index (χ4v) is 3.45. The number of hydrogen-bond acceptors (Lipinski definition) is 2. The lowest BCUT2D eigenvalue weighted by molar-refractivity contribution is -0.000887. The molecule has 1 saturated carbocycles. The van der Waals surface area contributed by atoms with E-state index in [9.17, 15) is 5.11 Å². The van der Waals surface area contributed by atoms with Gasteiger partial charge >= 0.3 is 0 Å². The normalized spacial score (nSPS) is 29.7. The monoisotopic (exact) mass is 262 g/mol. The van der Waals surface area contributed by atoms with Crippen LogP contribution in [0.25, 0.3) is 0 Å². The van der Waals surface area contributed by atoms with E-state index in [0.717, 1.165) is 24.2 Å². The largest absolute Gasteiger partial charge is 0.491 e. The van der Waals surface area contributed by atoms with Crippen molar-refractivity contribution >= 4 is 0 Å². The lowest BCUT2D eigenvalue weighted by Gasteiger charge is -2.29. The zero-order chi connectivity index (χ0) is 14.3. The highest BCUT2D eigenvalue weighted by Gasteiger charge is 2.48. The molecular formula is C17H26O2. The van der Waals surface area contributed by atoms with Crippen molar-refractivity contribution in [2.24, 2.45) is 11.3 Å². The molecule has 0 heterocycles. The summed E-state index contributed by atoms with van der Waals surface area (Å²) in [5, 5.41) is 11.0. The summed E-state index contributed by atoms with van der Waals surface area (Å²) in [6.45, 7) is 10.6. The third-order valence-corrected chi connectivity index (χ3v) is 4.15. The van der Waals surface area contributed by atoms with Crippen molar-refractivity contribution in [2.75, 3.05) is 0 Å². The van der Waals surface area contributed by atoms with Gasteiger partial charge in [-0.2, -0.15) is 0 Å². The van der Waals surface area contributed by atoms with Crippen LogP contribution >= 0.6 is 0 Å². The third-order valence-electron chi connectivity index (χ3n) is 4.15. The van der Waals surface area contributed by atoms with Gasteiger partial charge in [0, 0.05) is 0 Å². The second-order valence-electron chi connectivity index (χ2n) is 7.06. The summed E-state index contributed by atoms with van der Waals surface area (Å²) in [5.74, 6) is 1.16. The Morgan fingerprint density at radius 3 is 2.21 bits per heavy atom. The molecule has 0 amide bonds. The Kier molecular flexibility index (Phi) is 3.65. The van der Waals surface area contributed by atoms with Crippen LogP contribution in [0, 0.1) is 11.3 Å². The average Bonchev–Trinajstić information content (AvgIpc) is 2.48. The number of ether oxygens (including phenoxy) is 1. The number of rotatable bonds is 3. The van der Waals surface area contributed by atoms with Crippen LogP contribution in [0.2, 0.25) is 0 Å². The van der Waals surface area contributed by atoms with Gasteiger partial charge in [-0.25, -0.2) is 0 Å². The van der Waals surface area contributed by atoms with Crippen LogP contribution < -0.4 is 4.74 Å². The van der Waals surface area contributed by atoms with E-state index in [1.54, 1.807) is 0 Å². The van der Waals surface area contributed by atoms with Crippen molar-refractivity contribution in [1.29, 1.82) is 0 Å². The summed E-state index contributed by atoms with van der Waals surface area (Å²) >= 11 is 0. The van der Waals surface area contributed by atoms with Crippen LogP contribution in [-0.2, 0) is 5.60 Å². The molecule has 1 fully saturated rings. The number of benzene rings is 1. The summed E-state index contributed by atoms with van der Waals surface area (Å²) in [6.07, 6.45) is 2.07. The minimum absolute atomic E-state index is 0.179. The Morgan fingerprint density at radius 2 is 1.79 bits per heavy atom. The van der Waals surface area contributed by atoms with Crippen LogP contribution in [0.15, 0.2) is 24.3 Å². The molecule has 2 unspecified atom stereocenters. The fraction of sp³-hybridized carbons (Fsp3) is 0.647. The molecule has 0 spiro atoms. The molecule has 1 aliphatic rings. The quantitative estimate of drug-likeness (QED) is 0.888. The second-order valence-corrected chi connectivity index (χ2v) is 7.06. The Labute approximate surface area is 116 Å². The van der Waals surface area contributed by atoms with Gasteiger partial charge in [0.1, 0.15) is 5.75 Å². The minimum atomic E-state index is -0.695. The van der Waals surface area contributed by atoms with Crippen molar-refractivity contribution in [3.8, 4) is 5.75 Å².